The van der Waals surface area contributed by atoms with Crippen molar-refractivity contribution in [1.29, 1.82) is 0 Å². The van der Waals surface area contributed by atoms with E-state index < -0.39 is 83.5 Å². The first kappa shape index (κ1) is 56.0. The predicted molar refractivity (Wildman–Crippen MR) is 223 cm³/mol. The lowest BCUT2D eigenvalue weighted by Crippen LogP contribution is -2.64. The van der Waals surface area contributed by atoms with Crippen molar-refractivity contribution in [3.05, 3.63) is 0 Å². The largest absolute Gasteiger partial charge is 0.472 e. The summed E-state index contributed by atoms with van der Waals surface area (Å²) >= 11 is 0. The highest BCUT2D eigenvalue weighted by atomic mass is 31.2. The Hall–Kier alpha value is -1.00. The van der Waals surface area contributed by atoms with Crippen LogP contribution in [0.2, 0.25) is 0 Å². The molecule has 0 amide bonds. The summed E-state index contributed by atoms with van der Waals surface area (Å²) in [7, 11) is -10.6. The highest BCUT2D eigenvalue weighted by Crippen LogP contribution is 2.49. The molecule has 350 valence electrons. The van der Waals surface area contributed by atoms with Gasteiger partial charge in [0.05, 0.1) is 6.61 Å². The summed E-state index contributed by atoms with van der Waals surface area (Å²) in [5.41, 5.74) is 0. The Bertz CT molecular complexity index is 1170. The third-order valence-corrected chi connectivity index (χ3v) is 12.2. The molecule has 1 fully saturated rings. The van der Waals surface area contributed by atoms with Gasteiger partial charge in [0.1, 0.15) is 43.2 Å². The summed E-state index contributed by atoms with van der Waals surface area (Å²) in [4.78, 5) is 54.1. The Kier molecular flexibility index (Phi) is 31.8. The molecule has 8 atom stereocenters. The van der Waals surface area contributed by atoms with Crippen molar-refractivity contribution >= 4 is 27.6 Å². The number of hydrogen-bond donors (Lipinski definition) is 7. The topological polar surface area (TPSA) is 256 Å². The maximum atomic E-state index is 12.9. The molecule has 59 heavy (non-hydrogen) atoms. The standard InChI is InChI=1S/C41H80O16P2/c1-3-5-7-9-11-13-15-17-19-21-23-25-27-29-34(42)53-31-33(55-35(43)30-28-26-24-22-20-18-16-14-12-10-8-6-4-2)32-54-59(51,52)57-41-38(46)36(44)37(45)40(39(41)47)56-58(48,49)50/h33,36-41,44-47H,3-32H2,1-2H3,(H,51,52)(H2,48,49,50)/t33?,36?,37-,38+,39?,40+,41-/m0/s1. The van der Waals surface area contributed by atoms with E-state index in [0.29, 0.717) is 12.8 Å². The van der Waals surface area contributed by atoms with Crippen LogP contribution in [0.25, 0.3) is 0 Å². The molecular formula is C41H80O16P2. The van der Waals surface area contributed by atoms with Crippen LogP contribution in [-0.4, -0.2) is 103 Å². The van der Waals surface area contributed by atoms with Crippen LogP contribution >= 0.6 is 15.6 Å². The van der Waals surface area contributed by atoms with Gasteiger partial charge in [0.15, 0.2) is 6.10 Å². The van der Waals surface area contributed by atoms with Crippen molar-refractivity contribution < 1.29 is 76.9 Å². The molecule has 0 radical (unpaired) electrons. The molecule has 1 rings (SSSR count). The van der Waals surface area contributed by atoms with Gasteiger partial charge < -0.3 is 44.6 Å². The second-order valence-corrected chi connectivity index (χ2v) is 18.7. The van der Waals surface area contributed by atoms with Gasteiger partial charge in [-0.2, -0.15) is 0 Å². The van der Waals surface area contributed by atoms with E-state index in [1.165, 1.54) is 103 Å². The van der Waals surface area contributed by atoms with E-state index in [-0.39, 0.29) is 12.8 Å². The number of aliphatic hydroxyl groups excluding tert-OH is 4. The molecule has 18 heteroatoms. The Labute approximate surface area is 353 Å². The van der Waals surface area contributed by atoms with E-state index in [0.717, 1.165) is 51.4 Å². The van der Waals surface area contributed by atoms with Crippen LogP contribution in [0.15, 0.2) is 0 Å². The quantitative estimate of drug-likeness (QED) is 0.0177. The first-order chi connectivity index (χ1) is 28.1. The molecule has 1 aliphatic rings. The second kappa shape index (κ2) is 33.5. The number of phosphoric ester groups is 2. The van der Waals surface area contributed by atoms with Gasteiger partial charge in [-0.15, -0.1) is 0 Å². The minimum atomic E-state index is -5.35. The molecule has 0 aromatic rings. The van der Waals surface area contributed by atoms with Crippen LogP contribution < -0.4 is 0 Å². The third kappa shape index (κ3) is 28.3. The SMILES string of the molecule is CCCCCCCCCCCCCCCC(=O)OCC(COP(=O)(O)O[C@@H]1C(O)[C@H](OP(=O)(O)O)[C@@H](O)C(O)[C@H]1O)OC(=O)CCCCCCCCCCCCCCC. The van der Waals surface area contributed by atoms with Crippen LogP contribution in [0, 0.1) is 0 Å². The number of carbonyl (C=O) groups is 2. The first-order valence-corrected chi connectivity index (χ1v) is 25.6. The van der Waals surface area contributed by atoms with Crippen LogP contribution in [0.5, 0.6) is 0 Å². The van der Waals surface area contributed by atoms with Crippen molar-refractivity contribution in [3.63, 3.8) is 0 Å². The predicted octanol–water partition coefficient (Wildman–Crippen LogP) is 7.84. The molecule has 0 aromatic heterocycles. The fourth-order valence-electron chi connectivity index (χ4n) is 7.14. The minimum absolute atomic E-state index is 0.0517. The van der Waals surface area contributed by atoms with E-state index in [1.807, 2.05) is 0 Å². The number of phosphoric acid groups is 2. The zero-order valence-electron chi connectivity index (χ0n) is 36.0. The van der Waals surface area contributed by atoms with Gasteiger partial charge in [0.2, 0.25) is 0 Å². The number of hydrogen-bond acceptors (Lipinski definition) is 13. The average molecular weight is 891 g/mol. The van der Waals surface area contributed by atoms with Crippen molar-refractivity contribution in [2.24, 2.45) is 0 Å². The van der Waals surface area contributed by atoms with Crippen molar-refractivity contribution in [3.8, 4) is 0 Å². The summed E-state index contributed by atoms with van der Waals surface area (Å²) < 4.78 is 49.3. The Balaban J connectivity index is 2.61. The van der Waals surface area contributed by atoms with Gasteiger partial charge in [0.25, 0.3) is 0 Å². The summed E-state index contributed by atoms with van der Waals surface area (Å²) in [5.74, 6) is -1.19. The Morgan fingerprint density at radius 2 is 0.831 bits per heavy atom. The summed E-state index contributed by atoms with van der Waals surface area (Å²) in [5, 5.41) is 41.1. The molecule has 0 heterocycles. The third-order valence-electron chi connectivity index (χ3n) is 10.7. The van der Waals surface area contributed by atoms with E-state index in [2.05, 4.69) is 18.4 Å². The van der Waals surface area contributed by atoms with Crippen molar-refractivity contribution in [2.75, 3.05) is 13.2 Å². The van der Waals surface area contributed by atoms with Crippen molar-refractivity contribution in [1.82, 2.24) is 0 Å². The molecule has 4 unspecified atom stereocenters. The van der Waals surface area contributed by atoms with Gasteiger partial charge in [-0.3, -0.25) is 23.2 Å². The zero-order chi connectivity index (χ0) is 43.9. The van der Waals surface area contributed by atoms with E-state index in [1.54, 1.807) is 0 Å². The molecule has 0 saturated heterocycles. The number of carbonyl (C=O) groups excluding carboxylic acids is 2. The van der Waals surface area contributed by atoms with Crippen LogP contribution in [0.1, 0.15) is 194 Å². The fraction of sp³-hybridized carbons (Fsp3) is 0.951. The smallest absolute Gasteiger partial charge is 0.462 e. The highest BCUT2D eigenvalue weighted by molar-refractivity contribution is 7.47. The molecule has 0 spiro atoms. The zero-order valence-corrected chi connectivity index (χ0v) is 37.7. The second-order valence-electron chi connectivity index (χ2n) is 16.1. The lowest BCUT2D eigenvalue weighted by molar-refractivity contribution is -0.216. The number of ether oxygens (including phenoxy) is 2. The Morgan fingerprint density at radius 3 is 1.22 bits per heavy atom. The summed E-state index contributed by atoms with van der Waals surface area (Å²) in [6.07, 6.45) is 15.0. The molecule has 1 saturated carbocycles. The van der Waals surface area contributed by atoms with E-state index in [9.17, 15) is 44.0 Å². The molecule has 0 aromatic carbocycles. The molecule has 16 nitrogen and oxygen atoms in total. The lowest BCUT2D eigenvalue weighted by Gasteiger charge is -2.43. The van der Waals surface area contributed by atoms with Gasteiger partial charge in [-0.05, 0) is 12.8 Å². The minimum Gasteiger partial charge on any atom is -0.462 e. The van der Waals surface area contributed by atoms with Gasteiger partial charge >= 0.3 is 27.6 Å². The van der Waals surface area contributed by atoms with Crippen LogP contribution in [-0.2, 0) is 41.8 Å². The van der Waals surface area contributed by atoms with Crippen LogP contribution in [0.4, 0.5) is 0 Å². The number of esters is 2. The fourth-order valence-corrected chi connectivity index (χ4v) is 8.68. The first-order valence-electron chi connectivity index (χ1n) is 22.6. The Morgan fingerprint density at radius 1 is 0.475 bits per heavy atom. The maximum Gasteiger partial charge on any atom is 0.472 e. The van der Waals surface area contributed by atoms with Crippen molar-refractivity contribution in [2.45, 2.75) is 236 Å². The van der Waals surface area contributed by atoms with Gasteiger partial charge in [-0.1, -0.05) is 168 Å². The highest BCUT2D eigenvalue weighted by Gasteiger charge is 2.54. The van der Waals surface area contributed by atoms with E-state index >= 15 is 0 Å². The van der Waals surface area contributed by atoms with E-state index in [4.69, 9.17) is 28.3 Å². The number of rotatable bonds is 38. The normalized spacial score (nSPS) is 22.5. The van der Waals surface area contributed by atoms with Crippen LogP contribution in [0.3, 0.4) is 0 Å². The van der Waals surface area contributed by atoms with Gasteiger partial charge in [-0.25, -0.2) is 9.13 Å². The molecule has 1 aliphatic carbocycles. The molecule has 0 bridgehead atoms. The van der Waals surface area contributed by atoms with Gasteiger partial charge in [0, 0.05) is 12.8 Å². The lowest BCUT2D eigenvalue weighted by atomic mass is 9.85. The maximum absolute atomic E-state index is 12.9. The average Bonchev–Trinajstić information content (AvgIpc) is 3.18. The summed E-state index contributed by atoms with van der Waals surface area (Å²) in [6, 6.07) is 0. The number of unbranched alkanes of at least 4 members (excludes halogenated alkanes) is 24. The monoisotopic (exact) mass is 890 g/mol. The molecule has 0 aliphatic heterocycles. The number of aliphatic hydroxyl groups is 4. The molecule has 7 N–H and O–H groups in total. The summed E-state index contributed by atoms with van der Waals surface area (Å²) in [6.45, 7) is 3.11. The molecular weight excluding hydrogens is 810 g/mol.